The second-order valence-corrected chi connectivity index (χ2v) is 12.2. The number of benzene rings is 6. The third-order valence-corrected chi connectivity index (χ3v) is 8.64. The molecule has 192 valence electrons. The van der Waals surface area contributed by atoms with E-state index < -0.39 is 0 Å². The molecule has 2 aromatic heterocycles. The van der Waals surface area contributed by atoms with Crippen LogP contribution in [0.4, 0.5) is 0 Å². The van der Waals surface area contributed by atoms with Gasteiger partial charge >= 0.3 is 0 Å². The first-order chi connectivity index (χ1) is 19.7. The van der Waals surface area contributed by atoms with Gasteiger partial charge in [-0.3, -0.25) is 0 Å². The number of aromatic nitrogens is 2. The van der Waals surface area contributed by atoms with Crippen LogP contribution in [0.15, 0.2) is 146 Å². The van der Waals surface area contributed by atoms with Gasteiger partial charge in [0.25, 0.3) is 0 Å². The molecule has 4 heteroatoms. The molecule has 40 heavy (non-hydrogen) atoms. The molecule has 0 aliphatic carbocycles. The molecule has 0 saturated heterocycles. The van der Waals surface area contributed by atoms with Gasteiger partial charge in [-0.15, -0.1) is 0 Å². The molecule has 8 rings (SSSR count). The van der Waals surface area contributed by atoms with E-state index in [-0.39, 0.29) is 0 Å². The van der Waals surface area contributed by atoms with Crippen LogP contribution in [0.25, 0.3) is 55.0 Å². The van der Waals surface area contributed by atoms with Crippen LogP contribution in [0.1, 0.15) is 0 Å². The third-order valence-electron chi connectivity index (χ3n) is 7.30. The van der Waals surface area contributed by atoms with Crippen LogP contribution in [-0.2, 0) is 0 Å². The molecule has 0 amide bonds. The Balaban J connectivity index is 0.000000132. The molecule has 2 nitrogen and oxygen atoms in total. The summed E-state index contributed by atoms with van der Waals surface area (Å²) in [6, 6.07) is 51.6. The average molecular weight is 738 g/mol. The Morgan fingerprint density at radius 1 is 0.325 bits per heavy atom. The topological polar surface area (TPSA) is 9.86 Å². The summed E-state index contributed by atoms with van der Waals surface area (Å²) >= 11 is 4.75. The van der Waals surface area contributed by atoms with Crippen molar-refractivity contribution in [1.82, 2.24) is 9.13 Å². The number of nitrogens with zero attached hydrogens (tertiary/aromatic N) is 2. The first-order valence-electron chi connectivity index (χ1n) is 13.2. The summed E-state index contributed by atoms with van der Waals surface area (Å²) in [6.45, 7) is 0. The lowest BCUT2D eigenvalue weighted by atomic mass is 10.2. The molecule has 0 saturated carbocycles. The van der Waals surface area contributed by atoms with Crippen molar-refractivity contribution >= 4 is 88.8 Å². The Morgan fingerprint density at radius 2 is 0.675 bits per heavy atom. The molecule has 6 aromatic carbocycles. The van der Waals surface area contributed by atoms with E-state index in [1.165, 1.54) is 62.1 Å². The van der Waals surface area contributed by atoms with Gasteiger partial charge in [-0.05, 0) is 118 Å². The first-order valence-corrected chi connectivity index (χ1v) is 15.3. The zero-order valence-corrected chi connectivity index (χ0v) is 25.8. The van der Waals surface area contributed by atoms with Gasteiger partial charge < -0.3 is 9.13 Å². The number of para-hydroxylation sites is 4. The van der Waals surface area contributed by atoms with Crippen molar-refractivity contribution in [1.29, 1.82) is 0 Å². The van der Waals surface area contributed by atoms with E-state index in [0.717, 1.165) is 0 Å². The van der Waals surface area contributed by atoms with Crippen LogP contribution in [0, 0.1) is 7.14 Å². The second kappa shape index (κ2) is 10.7. The summed E-state index contributed by atoms with van der Waals surface area (Å²) in [5.74, 6) is 0. The third kappa shape index (κ3) is 4.49. The average Bonchev–Trinajstić information content (AvgIpc) is 3.51. The highest BCUT2D eigenvalue weighted by atomic mass is 127. The molecule has 0 unspecified atom stereocenters. The lowest BCUT2D eigenvalue weighted by Crippen LogP contribution is -1.92. The van der Waals surface area contributed by atoms with Crippen molar-refractivity contribution in [3.63, 3.8) is 0 Å². The van der Waals surface area contributed by atoms with Crippen LogP contribution < -0.4 is 0 Å². The fourth-order valence-electron chi connectivity index (χ4n) is 5.60. The molecule has 0 atom stereocenters. The van der Waals surface area contributed by atoms with Crippen molar-refractivity contribution in [3.8, 4) is 11.4 Å². The van der Waals surface area contributed by atoms with Crippen LogP contribution >= 0.6 is 45.2 Å². The standard InChI is InChI=1S/2C18H12IN/c2*19-13-10-11-18-16(12-13)15-8-4-5-9-17(15)20(18)14-6-2-1-3-7-14/h2*1-12H. The number of halogens is 2. The minimum absolute atomic E-state index is 1.21. The maximum absolute atomic E-state index is 2.38. The van der Waals surface area contributed by atoms with Crippen LogP contribution in [0.3, 0.4) is 0 Å². The van der Waals surface area contributed by atoms with Gasteiger partial charge in [-0.1, -0.05) is 72.8 Å². The lowest BCUT2D eigenvalue weighted by molar-refractivity contribution is 1.18. The Hall–Kier alpha value is -3.62. The molecule has 0 bridgehead atoms. The number of hydrogen-bond donors (Lipinski definition) is 0. The number of fused-ring (bicyclic) bond motifs is 6. The largest absolute Gasteiger partial charge is 0.309 e. The number of hydrogen-bond acceptors (Lipinski definition) is 0. The summed E-state index contributed by atoms with van der Waals surface area (Å²) in [4.78, 5) is 0. The van der Waals surface area contributed by atoms with E-state index in [0.29, 0.717) is 0 Å². The van der Waals surface area contributed by atoms with E-state index in [2.05, 4.69) is 200 Å². The summed E-state index contributed by atoms with van der Waals surface area (Å²) < 4.78 is 7.21. The van der Waals surface area contributed by atoms with E-state index in [9.17, 15) is 0 Å². The fourth-order valence-corrected chi connectivity index (χ4v) is 6.58. The molecular formula is C36H24I2N2. The predicted molar refractivity (Wildman–Crippen MR) is 187 cm³/mol. The van der Waals surface area contributed by atoms with Crippen LogP contribution in [-0.4, -0.2) is 9.13 Å². The summed E-state index contributed by atoms with van der Waals surface area (Å²) in [7, 11) is 0. The molecule has 2 heterocycles. The van der Waals surface area contributed by atoms with Gasteiger partial charge in [-0.25, -0.2) is 0 Å². The van der Waals surface area contributed by atoms with E-state index in [1.54, 1.807) is 0 Å². The summed E-state index contributed by atoms with van der Waals surface area (Å²) in [5.41, 5.74) is 7.46. The first kappa shape index (κ1) is 25.4. The van der Waals surface area contributed by atoms with Crippen molar-refractivity contribution < 1.29 is 0 Å². The van der Waals surface area contributed by atoms with E-state index in [4.69, 9.17) is 0 Å². The van der Waals surface area contributed by atoms with Crippen molar-refractivity contribution in [2.24, 2.45) is 0 Å². The molecule has 0 spiro atoms. The Bertz CT molecular complexity index is 1970. The minimum Gasteiger partial charge on any atom is -0.309 e. The lowest BCUT2D eigenvalue weighted by Gasteiger charge is -2.07. The maximum atomic E-state index is 2.38. The second-order valence-electron chi connectivity index (χ2n) is 9.70. The Morgan fingerprint density at radius 3 is 1.10 bits per heavy atom. The quantitative estimate of drug-likeness (QED) is 0.156. The normalized spacial score (nSPS) is 11.2. The molecule has 8 aromatic rings. The predicted octanol–water partition coefficient (Wildman–Crippen LogP) is 10.8. The van der Waals surface area contributed by atoms with Crippen LogP contribution in [0.5, 0.6) is 0 Å². The molecule has 0 aliphatic heterocycles. The Labute approximate surface area is 260 Å². The Kier molecular flexibility index (Phi) is 6.81. The van der Waals surface area contributed by atoms with Crippen molar-refractivity contribution in [3.05, 3.63) is 153 Å². The monoisotopic (exact) mass is 738 g/mol. The smallest absolute Gasteiger partial charge is 0.0541 e. The van der Waals surface area contributed by atoms with Gasteiger partial charge in [0.05, 0.1) is 22.1 Å². The van der Waals surface area contributed by atoms with Gasteiger partial charge in [0.2, 0.25) is 0 Å². The molecule has 0 aliphatic rings. The van der Waals surface area contributed by atoms with Gasteiger partial charge in [0.15, 0.2) is 0 Å². The fraction of sp³-hybridized carbons (Fsp3) is 0. The van der Waals surface area contributed by atoms with Gasteiger partial charge in [0, 0.05) is 40.1 Å². The molecule has 0 N–H and O–H groups in total. The molecular weight excluding hydrogens is 714 g/mol. The van der Waals surface area contributed by atoms with E-state index >= 15 is 0 Å². The van der Waals surface area contributed by atoms with E-state index in [1.807, 2.05) is 0 Å². The zero-order chi connectivity index (χ0) is 27.1. The summed E-state index contributed by atoms with van der Waals surface area (Å²) in [5, 5.41) is 5.25. The number of rotatable bonds is 2. The zero-order valence-electron chi connectivity index (χ0n) is 21.5. The van der Waals surface area contributed by atoms with Crippen LogP contribution in [0.2, 0.25) is 0 Å². The van der Waals surface area contributed by atoms with Crippen molar-refractivity contribution in [2.75, 3.05) is 0 Å². The SMILES string of the molecule is Ic1ccc2c(c1)c1ccccc1n2-c1ccccc1.Ic1ccc2c(c1)c1ccccc1n2-c1ccccc1. The summed E-state index contributed by atoms with van der Waals surface area (Å²) in [6.07, 6.45) is 0. The molecule has 0 radical (unpaired) electrons. The van der Waals surface area contributed by atoms with Gasteiger partial charge in [0.1, 0.15) is 0 Å². The molecule has 0 fully saturated rings. The minimum atomic E-state index is 1.21. The van der Waals surface area contributed by atoms with Crippen molar-refractivity contribution in [2.45, 2.75) is 0 Å². The van der Waals surface area contributed by atoms with Gasteiger partial charge in [-0.2, -0.15) is 0 Å². The highest BCUT2D eigenvalue weighted by Crippen LogP contribution is 2.34. The highest BCUT2D eigenvalue weighted by Gasteiger charge is 2.12. The highest BCUT2D eigenvalue weighted by molar-refractivity contribution is 14.1. The maximum Gasteiger partial charge on any atom is 0.0541 e.